The first-order valence-corrected chi connectivity index (χ1v) is 7.91. The Balaban J connectivity index is 2.22. The Bertz CT molecular complexity index is 1060. The minimum absolute atomic E-state index is 0.00341. The topological polar surface area (TPSA) is 133 Å². The van der Waals surface area contributed by atoms with Crippen LogP contribution >= 0.6 is 0 Å². The average molecular weight is 380 g/mol. The van der Waals surface area contributed by atoms with Crippen molar-refractivity contribution in [3.8, 4) is 22.6 Å². The number of ether oxygens (including phenoxy) is 1. The number of carboxylic acid groups (broad SMARTS) is 1. The number of rotatable bonds is 6. The van der Waals surface area contributed by atoms with Crippen molar-refractivity contribution < 1.29 is 24.5 Å². The van der Waals surface area contributed by atoms with Gasteiger partial charge >= 0.3 is 5.97 Å². The summed E-state index contributed by atoms with van der Waals surface area (Å²) in [7, 11) is 0. The van der Waals surface area contributed by atoms with E-state index in [2.05, 4.69) is 0 Å². The van der Waals surface area contributed by atoms with Crippen LogP contribution in [-0.4, -0.2) is 20.9 Å². The number of carbonyl (C=O) groups is 1. The lowest BCUT2D eigenvalue weighted by Gasteiger charge is -2.13. The molecule has 0 saturated carbocycles. The van der Waals surface area contributed by atoms with Crippen LogP contribution in [0.3, 0.4) is 0 Å². The number of nitro groups is 2. The van der Waals surface area contributed by atoms with Gasteiger partial charge in [0.25, 0.3) is 11.4 Å². The highest BCUT2D eigenvalue weighted by Crippen LogP contribution is 2.43. The van der Waals surface area contributed by atoms with Crippen LogP contribution in [0, 0.1) is 20.2 Å². The molecule has 0 bridgehead atoms. The van der Waals surface area contributed by atoms with E-state index in [1.54, 1.807) is 18.2 Å². The second-order valence-electron chi connectivity index (χ2n) is 5.59. The van der Waals surface area contributed by atoms with Crippen molar-refractivity contribution in [3.63, 3.8) is 0 Å². The largest absolute Gasteiger partial charge is 0.478 e. The Morgan fingerprint density at radius 1 is 0.786 bits per heavy atom. The van der Waals surface area contributed by atoms with Crippen LogP contribution in [0.1, 0.15) is 10.4 Å². The fourth-order valence-corrected chi connectivity index (χ4v) is 2.72. The van der Waals surface area contributed by atoms with E-state index in [-0.39, 0.29) is 28.2 Å². The quantitative estimate of drug-likeness (QED) is 0.485. The number of para-hydroxylation sites is 2. The van der Waals surface area contributed by atoms with Crippen molar-refractivity contribution in [2.75, 3.05) is 0 Å². The van der Waals surface area contributed by atoms with E-state index in [1.807, 2.05) is 0 Å². The van der Waals surface area contributed by atoms with Crippen LogP contribution in [0.4, 0.5) is 11.4 Å². The Kier molecular flexibility index (Phi) is 4.99. The van der Waals surface area contributed by atoms with Gasteiger partial charge in [-0.05, 0) is 24.3 Å². The zero-order valence-electron chi connectivity index (χ0n) is 14.1. The Morgan fingerprint density at radius 2 is 1.32 bits per heavy atom. The third kappa shape index (κ3) is 3.49. The van der Waals surface area contributed by atoms with Gasteiger partial charge in [0, 0.05) is 17.7 Å². The van der Waals surface area contributed by atoms with Gasteiger partial charge in [-0.1, -0.05) is 30.3 Å². The second-order valence-corrected chi connectivity index (χ2v) is 5.59. The average Bonchev–Trinajstić information content (AvgIpc) is 2.68. The van der Waals surface area contributed by atoms with Gasteiger partial charge < -0.3 is 9.84 Å². The normalized spacial score (nSPS) is 10.3. The molecule has 9 heteroatoms. The molecule has 0 aliphatic carbocycles. The summed E-state index contributed by atoms with van der Waals surface area (Å²) >= 11 is 0. The summed E-state index contributed by atoms with van der Waals surface area (Å²) in [6.07, 6.45) is 0. The van der Waals surface area contributed by atoms with Crippen LogP contribution in [0.25, 0.3) is 11.1 Å². The van der Waals surface area contributed by atoms with E-state index in [0.717, 1.165) is 12.1 Å². The summed E-state index contributed by atoms with van der Waals surface area (Å²) in [5.41, 5.74) is -1.16. The maximum absolute atomic E-state index is 11.4. The smallest absolute Gasteiger partial charge is 0.339 e. The lowest BCUT2D eigenvalue weighted by atomic mass is 10.0. The highest BCUT2D eigenvalue weighted by molar-refractivity contribution is 5.91. The molecule has 0 spiro atoms. The van der Waals surface area contributed by atoms with Crippen molar-refractivity contribution in [2.45, 2.75) is 0 Å². The zero-order chi connectivity index (χ0) is 20.3. The van der Waals surface area contributed by atoms with Gasteiger partial charge in [-0.2, -0.15) is 0 Å². The van der Waals surface area contributed by atoms with Crippen LogP contribution in [-0.2, 0) is 0 Å². The number of benzene rings is 3. The van der Waals surface area contributed by atoms with Crippen LogP contribution in [0.5, 0.6) is 11.5 Å². The van der Waals surface area contributed by atoms with Crippen molar-refractivity contribution >= 4 is 17.3 Å². The fraction of sp³-hybridized carbons (Fsp3) is 0. The van der Waals surface area contributed by atoms with Crippen LogP contribution in [0.15, 0.2) is 66.7 Å². The first-order valence-electron chi connectivity index (χ1n) is 7.91. The van der Waals surface area contributed by atoms with Gasteiger partial charge in [0.05, 0.1) is 9.85 Å². The molecular formula is C19H12N2O7. The Hall–Kier alpha value is -4.27. The van der Waals surface area contributed by atoms with E-state index in [9.17, 15) is 30.1 Å². The number of nitro benzene ring substituents is 2. The second kappa shape index (κ2) is 7.54. The lowest BCUT2D eigenvalue weighted by molar-refractivity contribution is -0.392. The molecular weight excluding hydrogens is 368 g/mol. The molecule has 0 atom stereocenters. The van der Waals surface area contributed by atoms with Crippen LogP contribution in [0.2, 0.25) is 0 Å². The van der Waals surface area contributed by atoms with E-state index in [4.69, 9.17) is 4.74 Å². The van der Waals surface area contributed by atoms with Gasteiger partial charge in [-0.25, -0.2) is 4.79 Å². The van der Waals surface area contributed by atoms with Crippen molar-refractivity contribution in [2.24, 2.45) is 0 Å². The standard InChI is InChI=1S/C19H12N2O7/c22-19(23)13-7-2-4-11-17(13)28-16-10-3-1-6-12(16)18-14(20(24)25)8-5-9-15(18)21(26)27/h1-11H,(H,22,23). The minimum Gasteiger partial charge on any atom is -0.478 e. The Morgan fingerprint density at radius 3 is 1.89 bits per heavy atom. The van der Waals surface area contributed by atoms with Gasteiger partial charge in [0.15, 0.2) is 0 Å². The summed E-state index contributed by atoms with van der Waals surface area (Å²) in [6, 6.07) is 15.4. The lowest BCUT2D eigenvalue weighted by Crippen LogP contribution is -2.01. The number of carboxylic acids is 1. The number of hydrogen-bond acceptors (Lipinski definition) is 6. The summed E-state index contributed by atoms with van der Waals surface area (Å²) < 4.78 is 5.70. The molecule has 3 aromatic rings. The van der Waals surface area contributed by atoms with Crippen LogP contribution < -0.4 is 4.74 Å². The highest BCUT2D eigenvalue weighted by atomic mass is 16.6. The maximum atomic E-state index is 11.4. The molecule has 0 radical (unpaired) electrons. The van der Waals surface area contributed by atoms with Crippen molar-refractivity contribution in [1.82, 2.24) is 0 Å². The number of aromatic carboxylic acids is 1. The molecule has 28 heavy (non-hydrogen) atoms. The zero-order valence-corrected chi connectivity index (χ0v) is 14.1. The van der Waals surface area contributed by atoms with Gasteiger partial charge in [-0.15, -0.1) is 0 Å². The fourth-order valence-electron chi connectivity index (χ4n) is 2.72. The first-order chi connectivity index (χ1) is 13.4. The van der Waals surface area contributed by atoms with Gasteiger partial charge in [0.1, 0.15) is 22.6 Å². The molecule has 3 aromatic carbocycles. The SMILES string of the molecule is O=C(O)c1ccccc1Oc1ccccc1-c1c([N+](=O)[O-])cccc1[N+](=O)[O-]. The Labute approximate surface area is 157 Å². The molecule has 0 aromatic heterocycles. The molecule has 3 rings (SSSR count). The predicted molar refractivity (Wildman–Crippen MR) is 98.7 cm³/mol. The summed E-state index contributed by atoms with van der Waals surface area (Å²) in [6.45, 7) is 0. The predicted octanol–water partition coefficient (Wildman–Crippen LogP) is 4.66. The van der Waals surface area contributed by atoms with Gasteiger partial charge in [0.2, 0.25) is 0 Å². The summed E-state index contributed by atoms with van der Waals surface area (Å²) in [4.78, 5) is 32.9. The number of nitrogens with zero attached hydrogens (tertiary/aromatic N) is 2. The molecule has 0 amide bonds. The molecule has 0 aliphatic rings. The first kappa shape index (κ1) is 18.5. The molecule has 9 nitrogen and oxygen atoms in total. The molecule has 0 unspecified atom stereocenters. The van der Waals surface area contributed by atoms with Gasteiger partial charge in [-0.3, -0.25) is 20.2 Å². The molecule has 0 heterocycles. The summed E-state index contributed by atoms with van der Waals surface area (Å²) in [5, 5.41) is 32.2. The minimum atomic E-state index is -1.22. The number of hydrogen-bond donors (Lipinski definition) is 1. The summed E-state index contributed by atoms with van der Waals surface area (Å²) in [5.74, 6) is -1.16. The van der Waals surface area contributed by atoms with E-state index in [0.29, 0.717) is 0 Å². The molecule has 0 saturated heterocycles. The van der Waals surface area contributed by atoms with Crippen molar-refractivity contribution in [1.29, 1.82) is 0 Å². The molecule has 1 N–H and O–H groups in total. The van der Waals surface area contributed by atoms with E-state index < -0.39 is 27.2 Å². The highest BCUT2D eigenvalue weighted by Gasteiger charge is 2.28. The van der Waals surface area contributed by atoms with E-state index >= 15 is 0 Å². The molecule has 0 fully saturated rings. The monoisotopic (exact) mass is 380 g/mol. The van der Waals surface area contributed by atoms with Crippen molar-refractivity contribution in [3.05, 3.63) is 92.5 Å². The third-order valence-corrected chi connectivity index (χ3v) is 3.91. The third-order valence-electron chi connectivity index (χ3n) is 3.91. The molecule has 0 aliphatic heterocycles. The van der Waals surface area contributed by atoms with E-state index in [1.165, 1.54) is 36.4 Å². The molecule has 140 valence electrons. The maximum Gasteiger partial charge on any atom is 0.339 e.